The minimum absolute atomic E-state index is 0. The molecule has 0 radical (unpaired) electrons. The molecule has 0 bridgehead atoms. The summed E-state index contributed by atoms with van der Waals surface area (Å²) in [6.07, 6.45) is 2.95. The third-order valence-corrected chi connectivity index (χ3v) is 4.66. The van der Waals surface area contributed by atoms with Crippen molar-refractivity contribution in [3.8, 4) is 0 Å². The van der Waals surface area contributed by atoms with Gasteiger partial charge in [0.25, 0.3) is 0 Å². The maximum absolute atomic E-state index is 12.3. The first-order valence-electron chi connectivity index (χ1n) is 7.93. The molecular weight excluding hydrogens is 401 g/mol. The van der Waals surface area contributed by atoms with Crippen LogP contribution in [0.25, 0.3) is 0 Å². The van der Waals surface area contributed by atoms with E-state index in [2.05, 4.69) is 15.6 Å². The highest BCUT2D eigenvalue weighted by molar-refractivity contribution is 7.13. The lowest BCUT2D eigenvalue weighted by atomic mass is 10.1. The van der Waals surface area contributed by atoms with Crippen LogP contribution in [0.2, 0.25) is 0 Å². The second-order valence-electron chi connectivity index (χ2n) is 6.06. The fourth-order valence-corrected chi connectivity index (χ4v) is 3.03. The lowest BCUT2D eigenvalue weighted by molar-refractivity contribution is -0.137. The van der Waals surface area contributed by atoms with E-state index in [9.17, 15) is 14.4 Å². The van der Waals surface area contributed by atoms with Crippen molar-refractivity contribution in [1.29, 1.82) is 0 Å². The Morgan fingerprint density at radius 2 is 2.08 bits per heavy atom. The smallest absolute Gasteiger partial charge is 0.248 e. The van der Waals surface area contributed by atoms with E-state index in [-0.39, 0.29) is 55.0 Å². The minimum Gasteiger partial charge on any atom is -0.346 e. The monoisotopic (exact) mass is 425 g/mol. The van der Waals surface area contributed by atoms with Crippen LogP contribution in [0.15, 0.2) is 11.6 Å². The highest BCUT2D eigenvalue weighted by atomic mass is 35.5. The minimum atomic E-state index is -0.652. The number of aromatic nitrogens is 1. The van der Waals surface area contributed by atoms with Gasteiger partial charge in [-0.15, -0.1) is 36.2 Å². The van der Waals surface area contributed by atoms with Crippen LogP contribution in [0.5, 0.6) is 0 Å². The predicted octanol–water partition coefficient (Wildman–Crippen LogP) is 1.02. The lowest BCUT2D eigenvalue weighted by Crippen LogP contribution is -2.50. The first-order valence-corrected chi connectivity index (χ1v) is 8.81. The third-order valence-electron chi connectivity index (χ3n) is 3.97. The Bertz CT molecular complexity index is 600. The average molecular weight is 426 g/mol. The van der Waals surface area contributed by atoms with E-state index in [1.807, 2.05) is 13.8 Å². The molecule has 1 aliphatic rings. The molecule has 4 N–H and O–H groups in total. The summed E-state index contributed by atoms with van der Waals surface area (Å²) in [4.78, 5) is 42.0. The molecule has 1 aliphatic heterocycles. The van der Waals surface area contributed by atoms with Crippen molar-refractivity contribution in [1.82, 2.24) is 15.2 Å². The van der Waals surface area contributed by atoms with Crippen LogP contribution >= 0.6 is 36.2 Å². The van der Waals surface area contributed by atoms with Crippen molar-refractivity contribution in [2.75, 3.05) is 18.4 Å². The Labute approximate surface area is 169 Å². The molecule has 0 saturated carbocycles. The maximum Gasteiger partial charge on any atom is 0.248 e. The number of rotatable bonds is 6. The Kier molecular flexibility index (Phi) is 10.7. The van der Waals surface area contributed by atoms with Gasteiger partial charge in [0, 0.05) is 18.1 Å². The fourth-order valence-electron chi connectivity index (χ4n) is 2.50. The molecule has 2 atom stereocenters. The summed E-state index contributed by atoms with van der Waals surface area (Å²) in [5.41, 5.74) is 5.74. The van der Waals surface area contributed by atoms with Gasteiger partial charge >= 0.3 is 0 Å². The first-order chi connectivity index (χ1) is 11.4. The number of nitrogens with two attached hydrogens (primary N) is 1. The highest BCUT2D eigenvalue weighted by Gasteiger charge is 2.34. The number of amides is 3. The number of hydrogen-bond donors (Lipinski definition) is 3. The molecule has 0 aliphatic carbocycles. The van der Waals surface area contributed by atoms with Crippen molar-refractivity contribution in [3.63, 3.8) is 0 Å². The van der Waals surface area contributed by atoms with E-state index in [0.29, 0.717) is 18.1 Å². The van der Waals surface area contributed by atoms with Gasteiger partial charge < -0.3 is 21.3 Å². The Balaban J connectivity index is 0.00000312. The van der Waals surface area contributed by atoms with E-state index in [4.69, 9.17) is 5.73 Å². The van der Waals surface area contributed by atoms with E-state index in [0.717, 1.165) is 6.42 Å². The molecule has 0 spiro atoms. The standard InChI is InChI=1S/C15H23N5O3S.2ClH/c1-9(2)12(16)14(23)18-8-11(21)20-6-3-4-10(20)13(22)19-15-17-5-7-24-15;;/h5,7,9-10,12H,3-4,6,8,16H2,1-2H3,(H,18,23)(H,17,19,22);2*1H/t10?,12-;;/m0../s1. The molecule has 1 fully saturated rings. The molecule has 1 saturated heterocycles. The summed E-state index contributed by atoms with van der Waals surface area (Å²) in [5.74, 6) is -0.901. The number of hydrogen-bond acceptors (Lipinski definition) is 6. The van der Waals surface area contributed by atoms with Gasteiger partial charge in [-0.3, -0.25) is 14.4 Å². The van der Waals surface area contributed by atoms with Gasteiger partial charge in [-0.1, -0.05) is 13.8 Å². The molecular formula is C15H25Cl2N5O3S. The SMILES string of the molecule is CC(C)[C@H](N)C(=O)NCC(=O)N1CCCC1C(=O)Nc1nccs1.Cl.Cl. The lowest BCUT2D eigenvalue weighted by Gasteiger charge is -2.24. The van der Waals surface area contributed by atoms with E-state index >= 15 is 0 Å². The molecule has 11 heteroatoms. The molecule has 2 rings (SSSR count). The number of nitrogens with zero attached hydrogens (tertiary/aromatic N) is 2. The van der Waals surface area contributed by atoms with Crippen LogP contribution in [0, 0.1) is 5.92 Å². The van der Waals surface area contributed by atoms with Crippen LogP contribution in [0.1, 0.15) is 26.7 Å². The summed E-state index contributed by atoms with van der Waals surface area (Å²) in [6, 6.07) is -1.18. The molecule has 26 heavy (non-hydrogen) atoms. The molecule has 1 aromatic heterocycles. The number of carbonyl (C=O) groups excluding carboxylic acids is 3. The normalized spacial score (nSPS) is 17.1. The molecule has 148 valence electrons. The Morgan fingerprint density at radius 3 is 2.65 bits per heavy atom. The second-order valence-corrected chi connectivity index (χ2v) is 6.95. The van der Waals surface area contributed by atoms with E-state index in [1.165, 1.54) is 16.2 Å². The summed E-state index contributed by atoms with van der Waals surface area (Å²) in [5, 5.41) is 7.54. The average Bonchev–Trinajstić information content (AvgIpc) is 3.22. The second kappa shape index (κ2) is 11.3. The van der Waals surface area contributed by atoms with Gasteiger partial charge in [0.15, 0.2) is 5.13 Å². The zero-order chi connectivity index (χ0) is 17.7. The van der Waals surface area contributed by atoms with Gasteiger partial charge in [-0.2, -0.15) is 0 Å². The van der Waals surface area contributed by atoms with Crippen LogP contribution in [-0.4, -0.2) is 52.8 Å². The molecule has 1 unspecified atom stereocenters. The van der Waals surface area contributed by atoms with E-state index in [1.54, 1.807) is 11.6 Å². The first kappa shape index (κ1) is 24.6. The number of halogens is 2. The van der Waals surface area contributed by atoms with Crippen molar-refractivity contribution in [2.24, 2.45) is 11.7 Å². The topological polar surface area (TPSA) is 117 Å². The van der Waals surface area contributed by atoms with Crippen molar-refractivity contribution in [2.45, 2.75) is 38.8 Å². The van der Waals surface area contributed by atoms with Crippen molar-refractivity contribution < 1.29 is 14.4 Å². The van der Waals surface area contributed by atoms with Gasteiger partial charge in [-0.25, -0.2) is 4.98 Å². The van der Waals surface area contributed by atoms with Crippen molar-refractivity contribution in [3.05, 3.63) is 11.6 Å². The van der Waals surface area contributed by atoms with Crippen LogP contribution < -0.4 is 16.4 Å². The summed E-state index contributed by atoms with van der Waals surface area (Å²) in [7, 11) is 0. The van der Waals surface area contributed by atoms with Gasteiger partial charge in [-0.05, 0) is 18.8 Å². The summed E-state index contributed by atoms with van der Waals surface area (Å²) >= 11 is 1.32. The summed E-state index contributed by atoms with van der Waals surface area (Å²) in [6.45, 7) is 4.03. The van der Waals surface area contributed by atoms with Crippen molar-refractivity contribution >= 4 is 59.0 Å². The quantitative estimate of drug-likeness (QED) is 0.628. The number of nitrogens with one attached hydrogen (secondary N) is 2. The molecule has 8 nitrogen and oxygen atoms in total. The van der Waals surface area contributed by atoms with Crippen LogP contribution in [-0.2, 0) is 14.4 Å². The highest BCUT2D eigenvalue weighted by Crippen LogP contribution is 2.20. The Morgan fingerprint density at radius 1 is 1.38 bits per heavy atom. The zero-order valence-electron chi connectivity index (χ0n) is 14.6. The fraction of sp³-hybridized carbons (Fsp3) is 0.600. The maximum atomic E-state index is 12.3. The Hall–Kier alpha value is -1.42. The molecule has 0 aromatic carbocycles. The number of anilines is 1. The van der Waals surface area contributed by atoms with Crippen LogP contribution in [0.3, 0.4) is 0 Å². The van der Waals surface area contributed by atoms with Gasteiger partial charge in [0.1, 0.15) is 6.04 Å². The number of thiazole rings is 1. The van der Waals surface area contributed by atoms with Crippen LogP contribution in [0.4, 0.5) is 5.13 Å². The number of likely N-dealkylation sites (tertiary alicyclic amines) is 1. The molecule has 1 aromatic rings. The van der Waals surface area contributed by atoms with Gasteiger partial charge in [0.2, 0.25) is 17.7 Å². The zero-order valence-corrected chi connectivity index (χ0v) is 17.1. The predicted molar refractivity (Wildman–Crippen MR) is 106 cm³/mol. The third kappa shape index (κ3) is 6.39. The molecule has 2 heterocycles. The largest absolute Gasteiger partial charge is 0.346 e. The summed E-state index contributed by atoms with van der Waals surface area (Å²) < 4.78 is 0. The number of carbonyl (C=O) groups is 3. The van der Waals surface area contributed by atoms with Gasteiger partial charge in [0.05, 0.1) is 12.6 Å². The van der Waals surface area contributed by atoms with E-state index < -0.39 is 12.1 Å². The molecule has 3 amide bonds.